The van der Waals surface area contributed by atoms with Crippen LogP contribution in [0.4, 0.5) is 0 Å². The van der Waals surface area contributed by atoms with E-state index in [2.05, 4.69) is 4.98 Å². The quantitative estimate of drug-likeness (QED) is 0.429. The van der Waals surface area contributed by atoms with Crippen LogP contribution in [-0.2, 0) is 9.53 Å². The van der Waals surface area contributed by atoms with E-state index in [-0.39, 0.29) is 0 Å². The van der Waals surface area contributed by atoms with Gasteiger partial charge in [-0.15, -0.1) is 0 Å². The van der Waals surface area contributed by atoms with Gasteiger partial charge in [0, 0.05) is 13.2 Å². The third kappa shape index (κ3) is 1.32. The van der Waals surface area contributed by atoms with Crippen LogP contribution in [0.15, 0.2) is 29.5 Å². The van der Waals surface area contributed by atoms with Crippen LogP contribution >= 0.6 is 0 Å². The summed E-state index contributed by atoms with van der Waals surface area (Å²) in [4.78, 5) is 13.3. The Morgan fingerprint density at radius 2 is 2.50 bits per heavy atom. The van der Waals surface area contributed by atoms with Gasteiger partial charge in [-0.1, -0.05) is 6.08 Å². The van der Waals surface area contributed by atoms with E-state index in [4.69, 9.17) is 10.1 Å². The van der Waals surface area contributed by atoms with Gasteiger partial charge in [-0.05, 0) is 6.08 Å². The highest BCUT2D eigenvalue weighted by Crippen LogP contribution is 2.20. The van der Waals surface area contributed by atoms with Crippen LogP contribution in [0.3, 0.4) is 0 Å². The maximum Gasteiger partial charge on any atom is 0.395 e. The summed E-state index contributed by atoms with van der Waals surface area (Å²) < 4.78 is 4.93. The number of allylic oxidation sites excluding steroid dienone is 2. The lowest BCUT2D eigenvalue weighted by Gasteiger charge is -2.07. The molecule has 0 aliphatic heterocycles. The SMILES string of the molecule is COC1C(=C=O)C=CC=C1[N+]#N. The van der Waals surface area contributed by atoms with Gasteiger partial charge in [0.2, 0.25) is 5.39 Å². The molecule has 0 saturated carbocycles. The minimum absolute atomic E-state index is 0.304. The highest BCUT2D eigenvalue weighted by molar-refractivity contribution is 5.63. The fourth-order valence-corrected chi connectivity index (χ4v) is 1.01. The predicted molar refractivity (Wildman–Crippen MR) is 42.3 cm³/mol. The van der Waals surface area contributed by atoms with E-state index in [0.29, 0.717) is 11.3 Å². The van der Waals surface area contributed by atoms with Crippen LogP contribution in [0.1, 0.15) is 0 Å². The number of diazo groups is 1. The van der Waals surface area contributed by atoms with Gasteiger partial charge in [-0.25, -0.2) is 4.79 Å². The molecule has 1 aliphatic rings. The molecule has 0 aromatic rings. The zero-order valence-corrected chi connectivity index (χ0v) is 6.52. The third-order valence-corrected chi connectivity index (χ3v) is 1.56. The number of ether oxygens (including phenoxy) is 1. The first kappa shape index (κ1) is 8.41. The fourth-order valence-electron chi connectivity index (χ4n) is 1.01. The lowest BCUT2D eigenvalue weighted by molar-refractivity contribution is 0.164. The fraction of sp³-hybridized carbons (Fsp3) is 0.250. The highest BCUT2D eigenvalue weighted by Gasteiger charge is 2.30. The first-order valence-corrected chi connectivity index (χ1v) is 3.34. The summed E-state index contributed by atoms with van der Waals surface area (Å²) in [7, 11) is 1.43. The summed E-state index contributed by atoms with van der Waals surface area (Å²) in [5.41, 5.74) is 0.631. The summed E-state index contributed by atoms with van der Waals surface area (Å²) in [5, 5.41) is 8.51. The monoisotopic (exact) mass is 163 g/mol. The lowest BCUT2D eigenvalue weighted by Crippen LogP contribution is -2.16. The number of rotatable bonds is 1. The molecule has 0 aromatic heterocycles. The Labute approximate surface area is 69.5 Å². The Hall–Kier alpha value is -1.69. The summed E-state index contributed by atoms with van der Waals surface area (Å²) in [6.45, 7) is 0. The molecule has 0 heterocycles. The van der Waals surface area contributed by atoms with E-state index < -0.39 is 6.10 Å². The second kappa shape index (κ2) is 3.63. The molecule has 0 aromatic carbocycles. The molecular weight excluding hydrogens is 156 g/mol. The Morgan fingerprint density at radius 1 is 1.75 bits per heavy atom. The predicted octanol–water partition coefficient (Wildman–Crippen LogP) is 1.07. The maximum absolute atomic E-state index is 10.3. The highest BCUT2D eigenvalue weighted by atomic mass is 16.5. The molecule has 1 atom stereocenters. The molecule has 1 rings (SSSR count). The molecule has 0 bridgehead atoms. The molecule has 60 valence electrons. The van der Waals surface area contributed by atoms with Gasteiger partial charge >= 0.3 is 5.70 Å². The van der Waals surface area contributed by atoms with Gasteiger partial charge in [0.05, 0.1) is 5.57 Å². The van der Waals surface area contributed by atoms with Crippen LogP contribution in [-0.4, -0.2) is 19.2 Å². The van der Waals surface area contributed by atoms with Crippen LogP contribution in [0, 0.1) is 5.39 Å². The number of hydrogen-bond acceptors (Lipinski definition) is 3. The van der Waals surface area contributed by atoms with E-state index in [1.807, 2.05) is 0 Å². The van der Waals surface area contributed by atoms with E-state index in [1.54, 1.807) is 24.2 Å². The normalized spacial score (nSPS) is 21.2. The van der Waals surface area contributed by atoms with E-state index in [0.717, 1.165) is 0 Å². The molecule has 1 unspecified atom stereocenters. The molecule has 12 heavy (non-hydrogen) atoms. The number of carbonyl (C=O) groups excluding carboxylic acids is 1. The second-order valence-electron chi connectivity index (χ2n) is 2.22. The van der Waals surface area contributed by atoms with Gasteiger partial charge in [0.1, 0.15) is 5.94 Å². The number of nitrogens with zero attached hydrogens (tertiary/aromatic N) is 2. The molecule has 4 heteroatoms. The molecule has 0 radical (unpaired) electrons. The zero-order chi connectivity index (χ0) is 8.97. The van der Waals surface area contributed by atoms with Crippen LogP contribution in [0.5, 0.6) is 0 Å². The van der Waals surface area contributed by atoms with Crippen molar-refractivity contribution in [3.05, 3.63) is 34.5 Å². The van der Waals surface area contributed by atoms with Gasteiger partial charge < -0.3 is 4.74 Å². The maximum atomic E-state index is 10.3. The van der Waals surface area contributed by atoms with Crippen molar-refractivity contribution in [2.24, 2.45) is 0 Å². The molecule has 1 aliphatic carbocycles. The first-order chi connectivity index (χ1) is 5.83. The van der Waals surface area contributed by atoms with E-state index in [1.165, 1.54) is 7.11 Å². The van der Waals surface area contributed by atoms with Crippen molar-refractivity contribution in [2.45, 2.75) is 6.10 Å². The minimum atomic E-state index is -0.600. The van der Waals surface area contributed by atoms with Gasteiger partial charge in [0.25, 0.3) is 0 Å². The van der Waals surface area contributed by atoms with Crippen molar-refractivity contribution < 1.29 is 9.53 Å². The number of methoxy groups -OCH3 is 1. The standard InChI is InChI=1S/C8H7N2O2/c1-12-8-6(5-11)3-2-4-7(8)10-9/h2-4,8H,1H3/q+1. The smallest absolute Gasteiger partial charge is 0.364 e. The van der Waals surface area contributed by atoms with Gasteiger partial charge in [0.15, 0.2) is 11.1 Å². The Balaban J connectivity index is 3.06. The summed E-state index contributed by atoms with van der Waals surface area (Å²) >= 11 is 0. The van der Waals surface area contributed by atoms with Crippen molar-refractivity contribution in [1.82, 2.24) is 0 Å². The Kier molecular flexibility index (Phi) is 2.54. The van der Waals surface area contributed by atoms with Crippen molar-refractivity contribution in [3.63, 3.8) is 0 Å². The average molecular weight is 163 g/mol. The molecule has 0 spiro atoms. The second-order valence-corrected chi connectivity index (χ2v) is 2.22. The van der Waals surface area contributed by atoms with Crippen molar-refractivity contribution >= 4 is 5.94 Å². The lowest BCUT2D eigenvalue weighted by atomic mass is 10.0. The Bertz CT molecular complexity index is 329. The molecule has 4 nitrogen and oxygen atoms in total. The topological polar surface area (TPSA) is 54.5 Å². The number of hydrogen-bond donors (Lipinski definition) is 0. The molecular formula is C8H7N2O2+. The largest absolute Gasteiger partial charge is 0.395 e. The summed E-state index contributed by atoms with van der Waals surface area (Å²) in [5.74, 6) is 1.71. The van der Waals surface area contributed by atoms with Crippen molar-refractivity contribution in [2.75, 3.05) is 7.11 Å². The average Bonchev–Trinajstić information content (AvgIpc) is 2.16. The first-order valence-electron chi connectivity index (χ1n) is 3.34. The van der Waals surface area contributed by atoms with E-state index in [9.17, 15) is 4.79 Å². The molecule has 0 saturated heterocycles. The van der Waals surface area contributed by atoms with Gasteiger partial charge in [-0.2, -0.15) is 0 Å². The minimum Gasteiger partial charge on any atom is -0.364 e. The van der Waals surface area contributed by atoms with Crippen molar-refractivity contribution in [1.29, 1.82) is 5.39 Å². The van der Waals surface area contributed by atoms with Crippen molar-refractivity contribution in [3.8, 4) is 0 Å². The molecule has 0 fully saturated rings. The van der Waals surface area contributed by atoms with Gasteiger partial charge in [-0.3, -0.25) is 0 Å². The van der Waals surface area contributed by atoms with Crippen LogP contribution < -0.4 is 0 Å². The summed E-state index contributed by atoms with van der Waals surface area (Å²) in [6, 6.07) is 0. The third-order valence-electron chi connectivity index (χ3n) is 1.56. The molecule has 0 N–H and O–H groups in total. The summed E-state index contributed by atoms with van der Waals surface area (Å²) in [6.07, 6.45) is 4.13. The zero-order valence-electron chi connectivity index (χ0n) is 6.52. The van der Waals surface area contributed by atoms with Crippen LogP contribution in [0.25, 0.3) is 4.98 Å². The van der Waals surface area contributed by atoms with Crippen LogP contribution in [0.2, 0.25) is 0 Å². The molecule has 0 amide bonds. The van der Waals surface area contributed by atoms with E-state index >= 15 is 0 Å². The Morgan fingerprint density at radius 3 is 3.00 bits per heavy atom.